The largest absolute Gasteiger partial charge is 0.325 e. The smallest absolute Gasteiger partial charge is 0.238 e. The molecule has 4 heteroatoms. The molecule has 1 amide bonds. The predicted molar refractivity (Wildman–Crippen MR) is 80.0 cm³/mol. The average molecular weight is 323 g/mol. The Morgan fingerprint density at radius 2 is 2.16 bits per heavy atom. The average Bonchev–Trinajstić information content (AvgIpc) is 3.23. The van der Waals surface area contributed by atoms with Gasteiger partial charge in [-0.05, 0) is 55.2 Å². The maximum Gasteiger partial charge on any atom is 0.238 e. The van der Waals surface area contributed by atoms with Crippen LogP contribution in [-0.4, -0.2) is 19.0 Å². The van der Waals surface area contributed by atoms with Crippen LogP contribution in [0.25, 0.3) is 0 Å². The van der Waals surface area contributed by atoms with E-state index in [4.69, 9.17) is 0 Å². The standard InChI is InChI=1S/C15H19BrN2O/c16-12-2-1-3-13(8-12)18-14(19)9-17-10-15(6-7-15)11-4-5-11/h1-3,8,11,17H,4-7,9-10H2,(H,18,19). The van der Waals surface area contributed by atoms with Gasteiger partial charge in [0.05, 0.1) is 6.54 Å². The maximum absolute atomic E-state index is 11.8. The van der Waals surface area contributed by atoms with E-state index in [0.717, 1.165) is 22.6 Å². The summed E-state index contributed by atoms with van der Waals surface area (Å²) in [5, 5.41) is 6.22. The summed E-state index contributed by atoms with van der Waals surface area (Å²) >= 11 is 3.40. The molecule has 0 spiro atoms. The van der Waals surface area contributed by atoms with Crippen molar-refractivity contribution in [3.05, 3.63) is 28.7 Å². The minimum absolute atomic E-state index is 0.0321. The minimum atomic E-state index is 0.0321. The molecule has 2 saturated carbocycles. The van der Waals surface area contributed by atoms with Gasteiger partial charge in [0, 0.05) is 16.7 Å². The second-order valence-electron chi connectivity index (χ2n) is 5.80. The molecule has 1 aromatic carbocycles. The number of carbonyl (C=O) groups is 1. The second-order valence-corrected chi connectivity index (χ2v) is 6.71. The highest BCUT2D eigenvalue weighted by molar-refractivity contribution is 9.10. The minimum Gasteiger partial charge on any atom is -0.325 e. The number of amides is 1. The molecule has 2 aliphatic carbocycles. The van der Waals surface area contributed by atoms with Gasteiger partial charge in [-0.1, -0.05) is 22.0 Å². The van der Waals surface area contributed by atoms with Crippen LogP contribution >= 0.6 is 15.9 Å². The van der Waals surface area contributed by atoms with Crippen molar-refractivity contribution in [2.45, 2.75) is 25.7 Å². The third-order valence-electron chi connectivity index (χ3n) is 4.21. The first-order valence-electron chi connectivity index (χ1n) is 6.94. The van der Waals surface area contributed by atoms with E-state index >= 15 is 0 Å². The number of anilines is 1. The van der Waals surface area contributed by atoms with Crippen LogP contribution in [0.2, 0.25) is 0 Å². The van der Waals surface area contributed by atoms with Crippen LogP contribution in [0.4, 0.5) is 5.69 Å². The number of hydrogen-bond acceptors (Lipinski definition) is 2. The molecule has 3 nitrogen and oxygen atoms in total. The first-order chi connectivity index (χ1) is 9.18. The molecule has 0 unspecified atom stereocenters. The molecule has 19 heavy (non-hydrogen) atoms. The molecule has 3 rings (SSSR count). The lowest BCUT2D eigenvalue weighted by Crippen LogP contribution is -2.33. The lowest BCUT2D eigenvalue weighted by Gasteiger charge is -2.14. The summed E-state index contributed by atoms with van der Waals surface area (Å²) in [4.78, 5) is 11.8. The van der Waals surface area contributed by atoms with Gasteiger partial charge in [-0.15, -0.1) is 0 Å². The van der Waals surface area contributed by atoms with Gasteiger partial charge in [0.2, 0.25) is 5.91 Å². The zero-order chi connectivity index (χ0) is 13.3. The summed E-state index contributed by atoms with van der Waals surface area (Å²) in [5.41, 5.74) is 1.39. The monoisotopic (exact) mass is 322 g/mol. The zero-order valence-electron chi connectivity index (χ0n) is 10.9. The maximum atomic E-state index is 11.8. The Bertz CT molecular complexity index is 481. The fourth-order valence-electron chi connectivity index (χ4n) is 2.78. The van der Waals surface area contributed by atoms with E-state index in [1.165, 1.54) is 25.7 Å². The fraction of sp³-hybridized carbons (Fsp3) is 0.533. The van der Waals surface area contributed by atoms with Crippen molar-refractivity contribution >= 4 is 27.5 Å². The molecule has 0 atom stereocenters. The van der Waals surface area contributed by atoms with Crippen LogP contribution in [0.15, 0.2) is 28.7 Å². The van der Waals surface area contributed by atoms with Gasteiger partial charge in [0.25, 0.3) is 0 Å². The molecule has 0 aliphatic heterocycles. The highest BCUT2D eigenvalue weighted by atomic mass is 79.9. The Morgan fingerprint density at radius 1 is 1.37 bits per heavy atom. The van der Waals surface area contributed by atoms with E-state index in [9.17, 15) is 4.79 Å². The van der Waals surface area contributed by atoms with Crippen molar-refractivity contribution < 1.29 is 4.79 Å². The number of carbonyl (C=O) groups excluding carboxylic acids is 1. The van der Waals surface area contributed by atoms with Crippen LogP contribution in [0, 0.1) is 11.3 Å². The van der Waals surface area contributed by atoms with Gasteiger partial charge in [-0.2, -0.15) is 0 Å². The summed E-state index contributed by atoms with van der Waals surface area (Å²) in [7, 11) is 0. The Labute approximate surface area is 122 Å². The first-order valence-corrected chi connectivity index (χ1v) is 7.73. The van der Waals surface area contributed by atoms with Gasteiger partial charge >= 0.3 is 0 Å². The van der Waals surface area contributed by atoms with Crippen molar-refractivity contribution in [2.75, 3.05) is 18.4 Å². The van der Waals surface area contributed by atoms with Crippen molar-refractivity contribution in [3.63, 3.8) is 0 Å². The van der Waals surface area contributed by atoms with Crippen LogP contribution in [-0.2, 0) is 4.79 Å². The van der Waals surface area contributed by atoms with E-state index in [2.05, 4.69) is 26.6 Å². The Hall–Kier alpha value is -0.870. The molecule has 0 aromatic heterocycles. The van der Waals surface area contributed by atoms with Crippen LogP contribution < -0.4 is 10.6 Å². The summed E-state index contributed by atoms with van der Waals surface area (Å²) in [5.74, 6) is 0.970. The highest BCUT2D eigenvalue weighted by Crippen LogP contribution is 2.60. The van der Waals surface area contributed by atoms with Crippen LogP contribution in [0.5, 0.6) is 0 Å². The fourth-order valence-corrected chi connectivity index (χ4v) is 3.18. The molecule has 102 valence electrons. The normalized spacial score (nSPS) is 20.1. The number of halogens is 1. The SMILES string of the molecule is O=C(CNCC1(C2CC2)CC1)Nc1cccc(Br)c1. The zero-order valence-corrected chi connectivity index (χ0v) is 12.5. The Morgan fingerprint density at radius 3 is 2.79 bits per heavy atom. The molecule has 2 fully saturated rings. The van der Waals surface area contributed by atoms with E-state index < -0.39 is 0 Å². The summed E-state index contributed by atoms with van der Waals surface area (Å²) in [6.45, 7) is 1.41. The molecular formula is C15H19BrN2O. The molecule has 0 saturated heterocycles. The van der Waals surface area contributed by atoms with Crippen molar-refractivity contribution in [1.82, 2.24) is 5.32 Å². The lowest BCUT2D eigenvalue weighted by atomic mass is 10.0. The third-order valence-corrected chi connectivity index (χ3v) is 4.70. The first kappa shape index (κ1) is 13.1. The van der Waals surface area contributed by atoms with E-state index in [1.807, 2.05) is 24.3 Å². The molecule has 0 bridgehead atoms. The number of benzene rings is 1. The van der Waals surface area contributed by atoms with E-state index in [-0.39, 0.29) is 5.91 Å². The molecule has 1 aromatic rings. The third kappa shape index (κ3) is 3.37. The Balaban J connectivity index is 1.42. The highest BCUT2D eigenvalue weighted by Gasteiger charge is 2.53. The van der Waals surface area contributed by atoms with Crippen molar-refractivity contribution in [2.24, 2.45) is 11.3 Å². The molecule has 0 radical (unpaired) electrons. The van der Waals surface area contributed by atoms with E-state index in [1.54, 1.807) is 0 Å². The molecule has 2 aliphatic rings. The van der Waals surface area contributed by atoms with Crippen molar-refractivity contribution in [3.8, 4) is 0 Å². The topological polar surface area (TPSA) is 41.1 Å². The van der Waals surface area contributed by atoms with Crippen LogP contribution in [0.3, 0.4) is 0 Å². The number of rotatable bonds is 6. The molecule has 2 N–H and O–H groups in total. The summed E-state index contributed by atoms with van der Waals surface area (Å²) in [6.07, 6.45) is 5.48. The van der Waals surface area contributed by atoms with Crippen molar-refractivity contribution in [1.29, 1.82) is 0 Å². The summed E-state index contributed by atoms with van der Waals surface area (Å²) in [6, 6.07) is 7.67. The van der Waals surface area contributed by atoms with Gasteiger partial charge in [0.1, 0.15) is 0 Å². The second kappa shape index (κ2) is 5.25. The van der Waals surface area contributed by atoms with Gasteiger partial charge < -0.3 is 10.6 Å². The molecular weight excluding hydrogens is 304 g/mol. The van der Waals surface area contributed by atoms with Crippen LogP contribution in [0.1, 0.15) is 25.7 Å². The number of nitrogens with one attached hydrogen (secondary N) is 2. The predicted octanol–water partition coefficient (Wildman–Crippen LogP) is 3.17. The summed E-state index contributed by atoms with van der Waals surface area (Å²) < 4.78 is 0.976. The van der Waals surface area contributed by atoms with Gasteiger partial charge in [0.15, 0.2) is 0 Å². The Kier molecular flexibility index (Phi) is 3.63. The quantitative estimate of drug-likeness (QED) is 0.844. The van der Waals surface area contributed by atoms with Gasteiger partial charge in [-0.3, -0.25) is 4.79 Å². The van der Waals surface area contributed by atoms with E-state index in [0.29, 0.717) is 12.0 Å². The number of hydrogen-bond donors (Lipinski definition) is 2. The molecule has 0 heterocycles. The lowest BCUT2D eigenvalue weighted by molar-refractivity contribution is -0.115. The van der Waals surface area contributed by atoms with Gasteiger partial charge in [-0.25, -0.2) is 0 Å².